The predicted octanol–water partition coefficient (Wildman–Crippen LogP) is 6.27. The van der Waals surface area contributed by atoms with Crippen LogP contribution in [0.25, 0.3) is 10.8 Å². The van der Waals surface area contributed by atoms with Gasteiger partial charge in [-0.2, -0.15) is 0 Å². The van der Waals surface area contributed by atoms with Crippen LogP contribution in [0.3, 0.4) is 0 Å². The topological polar surface area (TPSA) is 21.3 Å². The lowest BCUT2D eigenvalue weighted by Crippen LogP contribution is -2.18. The smallest absolute Gasteiger partial charge is 0.120 e. The van der Waals surface area contributed by atoms with Gasteiger partial charge >= 0.3 is 0 Å². The highest BCUT2D eigenvalue weighted by Gasteiger charge is 2.09. The average Bonchev–Trinajstić information content (AvgIpc) is 2.77. The van der Waals surface area contributed by atoms with Crippen LogP contribution in [0.5, 0.6) is 5.75 Å². The van der Waals surface area contributed by atoms with Gasteiger partial charge in [-0.25, -0.2) is 0 Å². The molecule has 0 aromatic heterocycles. The molecule has 0 bridgehead atoms. The van der Waals surface area contributed by atoms with Gasteiger partial charge in [0.15, 0.2) is 0 Å². The summed E-state index contributed by atoms with van der Waals surface area (Å²) in [4.78, 5) is 0. The minimum absolute atomic E-state index is 0.264. The van der Waals surface area contributed by atoms with Gasteiger partial charge in [-0.05, 0) is 46.5 Å². The van der Waals surface area contributed by atoms with Gasteiger partial charge in [-0.1, -0.05) is 84.9 Å². The molecule has 2 nitrogen and oxygen atoms in total. The zero-order valence-electron chi connectivity index (χ0n) is 16.1. The van der Waals surface area contributed by atoms with Gasteiger partial charge in [0.05, 0.1) is 0 Å². The van der Waals surface area contributed by atoms with Crippen LogP contribution in [0, 0.1) is 0 Å². The Morgan fingerprint density at radius 2 is 1.46 bits per heavy atom. The van der Waals surface area contributed by atoms with E-state index in [4.69, 9.17) is 4.74 Å². The van der Waals surface area contributed by atoms with Crippen LogP contribution >= 0.6 is 0 Å². The van der Waals surface area contributed by atoms with Crippen LogP contribution in [0.2, 0.25) is 0 Å². The van der Waals surface area contributed by atoms with Gasteiger partial charge < -0.3 is 10.1 Å². The van der Waals surface area contributed by atoms with Gasteiger partial charge in [-0.3, -0.25) is 0 Å². The number of nitrogens with one attached hydrogen (secondary N) is 1. The molecule has 4 aromatic rings. The Kier molecular flexibility index (Phi) is 5.69. The monoisotopic (exact) mass is 367 g/mol. The predicted molar refractivity (Wildman–Crippen MR) is 116 cm³/mol. The summed E-state index contributed by atoms with van der Waals surface area (Å²) in [5, 5.41) is 6.25. The molecule has 0 saturated carbocycles. The summed E-state index contributed by atoms with van der Waals surface area (Å²) < 4.78 is 5.95. The quantitative estimate of drug-likeness (QED) is 0.416. The van der Waals surface area contributed by atoms with E-state index in [1.807, 2.05) is 24.3 Å². The summed E-state index contributed by atoms with van der Waals surface area (Å²) in [5.41, 5.74) is 3.72. The maximum atomic E-state index is 5.95. The van der Waals surface area contributed by atoms with Crippen LogP contribution in [0.1, 0.15) is 29.7 Å². The van der Waals surface area contributed by atoms with E-state index in [1.54, 1.807) is 0 Å². The Labute approximate surface area is 166 Å². The van der Waals surface area contributed by atoms with Gasteiger partial charge in [0.25, 0.3) is 0 Å². The molecular weight excluding hydrogens is 342 g/mol. The van der Waals surface area contributed by atoms with E-state index in [1.165, 1.54) is 27.5 Å². The van der Waals surface area contributed by atoms with Crippen molar-refractivity contribution in [1.82, 2.24) is 5.32 Å². The zero-order chi connectivity index (χ0) is 19.2. The van der Waals surface area contributed by atoms with Crippen molar-refractivity contribution in [1.29, 1.82) is 0 Å². The first-order valence-electron chi connectivity index (χ1n) is 9.76. The highest BCUT2D eigenvalue weighted by Crippen LogP contribution is 2.24. The molecule has 0 amide bonds. The fourth-order valence-electron chi connectivity index (χ4n) is 3.50. The molecule has 0 aliphatic heterocycles. The van der Waals surface area contributed by atoms with E-state index in [0.717, 1.165) is 12.3 Å². The van der Waals surface area contributed by atoms with E-state index in [-0.39, 0.29) is 6.04 Å². The Morgan fingerprint density at radius 3 is 2.36 bits per heavy atom. The maximum Gasteiger partial charge on any atom is 0.120 e. The normalized spacial score (nSPS) is 12.0. The van der Waals surface area contributed by atoms with Crippen LogP contribution in [-0.4, -0.2) is 0 Å². The number of rotatable bonds is 7. The van der Waals surface area contributed by atoms with E-state index < -0.39 is 0 Å². The lowest BCUT2D eigenvalue weighted by molar-refractivity contribution is 0.306. The molecule has 0 aliphatic carbocycles. The van der Waals surface area contributed by atoms with Crippen molar-refractivity contribution >= 4 is 10.8 Å². The first kappa shape index (κ1) is 18.3. The van der Waals surface area contributed by atoms with Gasteiger partial charge in [-0.15, -0.1) is 0 Å². The van der Waals surface area contributed by atoms with Crippen molar-refractivity contribution in [2.24, 2.45) is 0 Å². The third kappa shape index (κ3) is 4.41. The summed E-state index contributed by atoms with van der Waals surface area (Å²) >= 11 is 0. The molecule has 0 spiro atoms. The molecule has 0 heterocycles. The third-order valence-electron chi connectivity index (χ3n) is 5.05. The largest absolute Gasteiger partial charge is 0.489 e. The summed E-state index contributed by atoms with van der Waals surface area (Å²) in [7, 11) is 0. The molecule has 0 fully saturated rings. The van der Waals surface area contributed by atoms with Crippen molar-refractivity contribution in [2.45, 2.75) is 26.1 Å². The average molecular weight is 367 g/mol. The van der Waals surface area contributed by atoms with Crippen LogP contribution in [0.4, 0.5) is 0 Å². The summed E-state index contributed by atoms with van der Waals surface area (Å²) in [6.07, 6.45) is 0. The molecule has 140 valence electrons. The Hall–Kier alpha value is -3.10. The second-order valence-corrected chi connectivity index (χ2v) is 7.09. The van der Waals surface area contributed by atoms with E-state index >= 15 is 0 Å². The molecule has 4 aromatic carbocycles. The van der Waals surface area contributed by atoms with Gasteiger partial charge in [0, 0.05) is 12.6 Å². The Bertz CT molecular complexity index is 1040. The fourth-order valence-corrected chi connectivity index (χ4v) is 3.50. The van der Waals surface area contributed by atoms with Crippen molar-refractivity contribution in [3.63, 3.8) is 0 Å². The van der Waals surface area contributed by atoms with E-state index in [0.29, 0.717) is 6.61 Å². The molecule has 0 saturated heterocycles. The number of benzene rings is 4. The SMILES string of the molecule is C[C@H](NCc1cccc(OCc2ccccc2)c1)c1cccc2ccccc12. The Balaban J connectivity index is 1.40. The minimum atomic E-state index is 0.264. The highest BCUT2D eigenvalue weighted by atomic mass is 16.5. The molecule has 0 radical (unpaired) electrons. The summed E-state index contributed by atoms with van der Waals surface area (Å²) in [6.45, 7) is 3.61. The van der Waals surface area contributed by atoms with E-state index in [2.05, 4.69) is 85.0 Å². The molecule has 1 atom stereocenters. The fraction of sp³-hybridized carbons (Fsp3) is 0.154. The number of fused-ring (bicyclic) bond motifs is 1. The molecule has 2 heteroatoms. The first-order valence-corrected chi connectivity index (χ1v) is 9.76. The molecule has 4 rings (SSSR count). The zero-order valence-corrected chi connectivity index (χ0v) is 16.1. The van der Waals surface area contributed by atoms with Crippen LogP contribution in [0.15, 0.2) is 97.1 Å². The first-order chi connectivity index (χ1) is 13.8. The lowest BCUT2D eigenvalue weighted by Gasteiger charge is -2.17. The second-order valence-electron chi connectivity index (χ2n) is 7.09. The van der Waals surface area contributed by atoms with Crippen molar-refractivity contribution < 1.29 is 4.74 Å². The Morgan fingerprint density at radius 1 is 0.750 bits per heavy atom. The number of hydrogen-bond donors (Lipinski definition) is 1. The lowest BCUT2D eigenvalue weighted by atomic mass is 9.99. The van der Waals surface area contributed by atoms with Crippen molar-refractivity contribution in [3.8, 4) is 5.75 Å². The molecule has 1 N–H and O–H groups in total. The van der Waals surface area contributed by atoms with Gasteiger partial charge in [0.2, 0.25) is 0 Å². The van der Waals surface area contributed by atoms with Crippen LogP contribution < -0.4 is 10.1 Å². The van der Waals surface area contributed by atoms with E-state index in [9.17, 15) is 0 Å². The summed E-state index contributed by atoms with van der Waals surface area (Å²) in [6, 6.07) is 33.9. The summed E-state index contributed by atoms with van der Waals surface area (Å²) in [5.74, 6) is 0.904. The number of hydrogen-bond acceptors (Lipinski definition) is 2. The molecule has 28 heavy (non-hydrogen) atoms. The third-order valence-corrected chi connectivity index (χ3v) is 5.05. The number of ether oxygens (including phenoxy) is 1. The molecule has 0 aliphatic rings. The van der Waals surface area contributed by atoms with Crippen molar-refractivity contribution in [2.75, 3.05) is 0 Å². The molecular formula is C26H25NO. The second kappa shape index (κ2) is 8.73. The minimum Gasteiger partial charge on any atom is -0.489 e. The maximum absolute atomic E-state index is 5.95. The standard InChI is InChI=1S/C26H25NO/c1-20(25-16-8-13-23-12-5-6-15-26(23)25)27-18-22-11-7-14-24(17-22)28-19-21-9-3-2-4-10-21/h2-17,20,27H,18-19H2,1H3/t20-/m0/s1. The van der Waals surface area contributed by atoms with Gasteiger partial charge in [0.1, 0.15) is 12.4 Å². The molecule has 0 unspecified atom stereocenters. The van der Waals surface area contributed by atoms with Crippen molar-refractivity contribution in [3.05, 3.63) is 114 Å². The van der Waals surface area contributed by atoms with Crippen LogP contribution in [-0.2, 0) is 13.2 Å². The highest BCUT2D eigenvalue weighted by molar-refractivity contribution is 5.86.